The Morgan fingerprint density at radius 2 is 1.84 bits per heavy atom. The molecule has 2 heterocycles. The molecule has 0 aromatic heterocycles. The summed E-state index contributed by atoms with van der Waals surface area (Å²) < 4.78 is 19.3. The van der Waals surface area contributed by atoms with Crippen LogP contribution in [0.1, 0.15) is 5.56 Å². The van der Waals surface area contributed by atoms with Crippen LogP contribution < -0.4 is 4.74 Å². The number of hydrogen-bond donors (Lipinski definition) is 1. The number of aliphatic hydroxyl groups excluding tert-OH is 1. The summed E-state index contributed by atoms with van der Waals surface area (Å²) in [4.78, 5) is 7.12. The Kier molecular flexibility index (Phi) is 6.28. The van der Waals surface area contributed by atoms with Gasteiger partial charge in [-0.1, -0.05) is 0 Å². The van der Waals surface area contributed by atoms with E-state index in [0.717, 1.165) is 45.8 Å². The molecule has 2 aliphatic heterocycles. The summed E-state index contributed by atoms with van der Waals surface area (Å²) >= 11 is 0. The summed E-state index contributed by atoms with van der Waals surface area (Å²) in [6.07, 6.45) is 0. The van der Waals surface area contributed by atoms with E-state index in [-0.39, 0.29) is 18.3 Å². The normalized spacial score (nSPS) is 26.2. The van der Waals surface area contributed by atoms with Crippen molar-refractivity contribution in [2.24, 2.45) is 11.8 Å². The number of benzene rings is 1. The molecular formula is C19H30FN3O2. The van der Waals surface area contributed by atoms with Gasteiger partial charge in [-0.05, 0) is 37.1 Å². The van der Waals surface area contributed by atoms with E-state index in [4.69, 9.17) is 4.74 Å². The van der Waals surface area contributed by atoms with E-state index in [1.54, 1.807) is 19.2 Å². The Balaban J connectivity index is 1.59. The Hall–Kier alpha value is -1.21. The van der Waals surface area contributed by atoms with Crippen LogP contribution in [-0.2, 0) is 6.54 Å². The SMILES string of the molecule is COc1ccc(F)c(CN2C[C@@H](CN3CCN(C)CC3)[C@@H](CO)C2)c1. The molecule has 1 aromatic rings. The van der Waals surface area contributed by atoms with Crippen molar-refractivity contribution < 1.29 is 14.2 Å². The highest BCUT2D eigenvalue weighted by Gasteiger charge is 2.34. The van der Waals surface area contributed by atoms with Crippen molar-refractivity contribution >= 4 is 0 Å². The number of ether oxygens (including phenoxy) is 1. The Bertz CT molecular complexity index is 564. The van der Waals surface area contributed by atoms with Crippen molar-refractivity contribution in [2.45, 2.75) is 6.54 Å². The molecule has 2 atom stereocenters. The zero-order chi connectivity index (χ0) is 17.8. The fraction of sp³-hybridized carbons (Fsp3) is 0.684. The number of rotatable bonds is 6. The van der Waals surface area contributed by atoms with E-state index in [1.165, 1.54) is 6.07 Å². The molecule has 2 fully saturated rings. The highest BCUT2D eigenvalue weighted by molar-refractivity contribution is 5.29. The average Bonchev–Trinajstić information content (AvgIpc) is 3.00. The Morgan fingerprint density at radius 3 is 2.52 bits per heavy atom. The molecule has 0 amide bonds. The van der Waals surface area contributed by atoms with E-state index >= 15 is 0 Å². The molecule has 0 aliphatic carbocycles. The summed E-state index contributed by atoms with van der Waals surface area (Å²) in [5.74, 6) is 1.21. The predicted octanol–water partition coefficient (Wildman–Crippen LogP) is 1.12. The van der Waals surface area contributed by atoms with E-state index in [0.29, 0.717) is 23.8 Å². The number of aliphatic hydroxyl groups is 1. The van der Waals surface area contributed by atoms with Crippen molar-refractivity contribution in [3.63, 3.8) is 0 Å². The first kappa shape index (κ1) is 18.6. The number of likely N-dealkylation sites (N-methyl/N-ethyl adjacent to an activating group) is 1. The van der Waals surface area contributed by atoms with Gasteiger partial charge in [0.2, 0.25) is 0 Å². The molecule has 0 spiro atoms. The third kappa shape index (κ3) is 4.70. The van der Waals surface area contributed by atoms with Gasteiger partial charge in [0.15, 0.2) is 0 Å². The number of nitrogens with zero attached hydrogens (tertiary/aromatic N) is 3. The first-order valence-electron chi connectivity index (χ1n) is 9.15. The third-order valence-electron chi connectivity index (χ3n) is 5.62. The second-order valence-electron chi connectivity index (χ2n) is 7.46. The molecule has 0 bridgehead atoms. The number of halogens is 1. The van der Waals surface area contributed by atoms with E-state index in [1.807, 2.05) is 0 Å². The van der Waals surface area contributed by atoms with Crippen LogP contribution in [0.4, 0.5) is 4.39 Å². The van der Waals surface area contributed by atoms with Crippen LogP contribution in [0, 0.1) is 17.7 Å². The molecule has 3 rings (SSSR count). The topological polar surface area (TPSA) is 39.2 Å². The molecule has 2 aliphatic rings. The highest BCUT2D eigenvalue weighted by atomic mass is 19.1. The molecular weight excluding hydrogens is 321 g/mol. The van der Waals surface area contributed by atoms with Crippen molar-refractivity contribution in [1.82, 2.24) is 14.7 Å². The fourth-order valence-electron chi connectivity index (χ4n) is 3.98. The van der Waals surface area contributed by atoms with Crippen LogP contribution in [0.2, 0.25) is 0 Å². The molecule has 1 N–H and O–H groups in total. The summed E-state index contributed by atoms with van der Waals surface area (Å²) in [7, 11) is 3.76. The van der Waals surface area contributed by atoms with Gasteiger partial charge in [-0.2, -0.15) is 0 Å². The number of methoxy groups -OCH3 is 1. The molecule has 0 unspecified atom stereocenters. The zero-order valence-electron chi connectivity index (χ0n) is 15.3. The third-order valence-corrected chi connectivity index (χ3v) is 5.62. The quantitative estimate of drug-likeness (QED) is 0.832. The highest BCUT2D eigenvalue weighted by Crippen LogP contribution is 2.27. The zero-order valence-corrected chi connectivity index (χ0v) is 15.3. The number of likely N-dealkylation sites (tertiary alicyclic amines) is 1. The molecule has 5 nitrogen and oxygen atoms in total. The van der Waals surface area contributed by atoms with Crippen molar-refractivity contribution in [3.8, 4) is 5.75 Å². The molecule has 140 valence electrons. The lowest BCUT2D eigenvalue weighted by Crippen LogP contribution is -2.47. The standard InChI is InChI=1S/C19H30FN3O2/c1-21-5-7-22(8-6-21)11-16-12-23(13-17(16)14-24)10-15-9-18(25-2)3-4-19(15)20/h3-4,9,16-17,24H,5-8,10-14H2,1-2H3/t16-,17-/m1/s1. The summed E-state index contributed by atoms with van der Waals surface area (Å²) in [6, 6.07) is 4.89. The van der Waals surface area contributed by atoms with Gasteiger partial charge in [-0.25, -0.2) is 4.39 Å². The van der Waals surface area contributed by atoms with Crippen molar-refractivity contribution in [3.05, 3.63) is 29.6 Å². The molecule has 25 heavy (non-hydrogen) atoms. The minimum absolute atomic E-state index is 0.191. The van der Waals surface area contributed by atoms with E-state index in [2.05, 4.69) is 21.7 Å². The molecule has 0 radical (unpaired) electrons. The van der Waals surface area contributed by atoms with Crippen LogP contribution in [0.15, 0.2) is 18.2 Å². The first-order valence-corrected chi connectivity index (χ1v) is 9.15. The minimum Gasteiger partial charge on any atom is -0.497 e. The van der Waals surface area contributed by atoms with E-state index in [9.17, 15) is 9.50 Å². The van der Waals surface area contributed by atoms with Crippen LogP contribution >= 0.6 is 0 Å². The maximum Gasteiger partial charge on any atom is 0.127 e. The predicted molar refractivity (Wildman–Crippen MR) is 96.2 cm³/mol. The van der Waals surface area contributed by atoms with Gasteiger partial charge >= 0.3 is 0 Å². The number of hydrogen-bond acceptors (Lipinski definition) is 5. The second kappa shape index (κ2) is 8.45. The minimum atomic E-state index is -0.191. The lowest BCUT2D eigenvalue weighted by Gasteiger charge is -2.34. The Labute approximate surface area is 150 Å². The van der Waals surface area contributed by atoms with Crippen LogP contribution in [0.5, 0.6) is 5.75 Å². The summed E-state index contributed by atoms with van der Waals surface area (Å²) in [5, 5.41) is 9.78. The summed E-state index contributed by atoms with van der Waals surface area (Å²) in [5.41, 5.74) is 0.663. The van der Waals surface area contributed by atoms with Gasteiger partial charge in [0.05, 0.1) is 7.11 Å². The molecule has 6 heteroatoms. The smallest absolute Gasteiger partial charge is 0.127 e. The van der Waals surface area contributed by atoms with Gasteiger partial charge in [0, 0.05) is 64.5 Å². The number of piperazine rings is 1. The largest absolute Gasteiger partial charge is 0.497 e. The van der Waals surface area contributed by atoms with Crippen molar-refractivity contribution in [2.75, 3.05) is 66.6 Å². The van der Waals surface area contributed by atoms with Gasteiger partial charge in [0.1, 0.15) is 11.6 Å². The van der Waals surface area contributed by atoms with Gasteiger partial charge < -0.3 is 19.6 Å². The monoisotopic (exact) mass is 351 g/mol. The lowest BCUT2D eigenvalue weighted by molar-refractivity contribution is 0.116. The second-order valence-corrected chi connectivity index (χ2v) is 7.46. The van der Waals surface area contributed by atoms with E-state index < -0.39 is 0 Å². The maximum atomic E-state index is 14.1. The van der Waals surface area contributed by atoms with Gasteiger partial charge in [-0.15, -0.1) is 0 Å². The molecule has 0 saturated carbocycles. The van der Waals surface area contributed by atoms with Crippen LogP contribution in [0.3, 0.4) is 0 Å². The summed E-state index contributed by atoms with van der Waals surface area (Å²) in [6.45, 7) is 7.93. The molecule has 2 saturated heterocycles. The lowest BCUT2D eigenvalue weighted by atomic mass is 9.96. The van der Waals surface area contributed by atoms with Crippen molar-refractivity contribution in [1.29, 1.82) is 0 Å². The van der Waals surface area contributed by atoms with Crippen LogP contribution in [0.25, 0.3) is 0 Å². The van der Waals surface area contributed by atoms with Crippen LogP contribution in [-0.4, -0.2) is 86.4 Å². The fourth-order valence-corrected chi connectivity index (χ4v) is 3.98. The Morgan fingerprint density at radius 1 is 1.12 bits per heavy atom. The average molecular weight is 351 g/mol. The van der Waals surface area contributed by atoms with Gasteiger partial charge in [0.25, 0.3) is 0 Å². The molecule has 1 aromatic carbocycles. The van der Waals surface area contributed by atoms with Gasteiger partial charge in [-0.3, -0.25) is 4.90 Å². The first-order chi connectivity index (χ1) is 12.1. The maximum absolute atomic E-state index is 14.1.